The number of aromatic hydroxyl groups is 1. The predicted octanol–water partition coefficient (Wildman–Crippen LogP) is 5.73. The van der Waals surface area contributed by atoms with Gasteiger partial charge in [0.1, 0.15) is 5.75 Å². The molecule has 120 valence electrons. The summed E-state index contributed by atoms with van der Waals surface area (Å²) in [5, 5.41) is 9.96. The van der Waals surface area contributed by atoms with Gasteiger partial charge in [-0.25, -0.2) is 0 Å². The first-order valence-corrected chi connectivity index (χ1v) is 6.87. The van der Waals surface area contributed by atoms with E-state index in [9.17, 15) is 5.11 Å². The van der Waals surface area contributed by atoms with Crippen LogP contribution in [0.15, 0.2) is 39.8 Å². The number of nitrogens with zero attached hydrogens (tertiary/aromatic N) is 1. The summed E-state index contributed by atoms with van der Waals surface area (Å²) in [6.45, 7) is 5.93. The molecule has 0 radical (unpaired) electrons. The standard InChI is InChI=1S/C16H16BrNO.2CH3.Ru/c1-10-5-4-6-13(16(10)19)9-18-15-11(2)7-14(17)8-12(15)3;;;/h4-9,19H,1-3H3;2*1H3;/q;2*-1;+2. The Morgan fingerprint density at radius 3 is 2.09 bits per heavy atom. The van der Waals surface area contributed by atoms with Gasteiger partial charge in [-0.2, -0.15) is 0 Å². The maximum Gasteiger partial charge on any atom is 2.00 e. The molecule has 0 spiro atoms. The summed E-state index contributed by atoms with van der Waals surface area (Å²) in [5.74, 6) is 0.290. The Kier molecular flexibility index (Phi) is 10.5. The molecule has 4 heteroatoms. The summed E-state index contributed by atoms with van der Waals surface area (Å²) < 4.78 is 1.06. The topological polar surface area (TPSA) is 32.6 Å². The molecule has 0 aliphatic heterocycles. The molecule has 0 amide bonds. The van der Waals surface area contributed by atoms with Crippen LogP contribution >= 0.6 is 15.9 Å². The van der Waals surface area contributed by atoms with Gasteiger partial charge >= 0.3 is 19.5 Å². The fourth-order valence-corrected chi connectivity index (χ4v) is 2.71. The van der Waals surface area contributed by atoms with E-state index in [0.29, 0.717) is 5.75 Å². The van der Waals surface area contributed by atoms with Crippen molar-refractivity contribution < 1.29 is 24.6 Å². The number of hydrogen-bond donors (Lipinski definition) is 1. The van der Waals surface area contributed by atoms with Crippen LogP contribution in [0.5, 0.6) is 5.75 Å². The van der Waals surface area contributed by atoms with Gasteiger partial charge in [0, 0.05) is 16.3 Å². The van der Waals surface area contributed by atoms with E-state index in [0.717, 1.165) is 32.4 Å². The molecule has 2 aromatic carbocycles. The van der Waals surface area contributed by atoms with Gasteiger partial charge in [0.05, 0.1) is 5.69 Å². The number of para-hydroxylation sites is 1. The molecule has 0 bridgehead atoms. The number of hydrogen-bond acceptors (Lipinski definition) is 2. The van der Waals surface area contributed by atoms with Crippen LogP contribution in [0, 0.1) is 35.6 Å². The molecule has 0 atom stereocenters. The molecule has 2 rings (SSSR count). The second kappa shape index (κ2) is 9.91. The van der Waals surface area contributed by atoms with E-state index < -0.39 is 0 Å². The summed E-state index contributed by atoms with van der Waals surface area (Å²) in [7, 11) is 0. The number of aryl methyl sites for hydroxylation is 3. The van der Waals surface area contributed by atoms with Crippen molar-refractivity contribution in [2.24, 2.45) is 4.99 Å². The van der Waals surface area contributed by atoms with Crippen molar-refractivity contribution in [1.82, 2.24) is 0 Å². The average molecular weight is 449 g/mol. The van der Waals surface area contributed by atoms with E-state index in [1.54, 1.807) is 6.21 Å². The molecule has 0 aromatic heterocycles. The second-order valence-electron chi connectivity index (χ2n) is 4.66. The summed E-state index contributed by atoms with van der Waals surface area (Å²) in [6.07, 6.45) is 1.71. The van der Waals surface area contributed by atoms with Crippen LogP contribution in [0.4, 0.5) is 5.69 Å². The number of aliphatic imine (C=N–C) groups is 1. The molecule has 0 heterocycles. The molecular weight excluding hydrogens is 427 g/mol. The minimum atomic E-state index is 0. The maximum atomic E-state index is 9.96. The van der Waals surface area contributed by atoms with Crippen LogP contribution in [0.25, 0.3) is 0 Å². The number of halogens is 1. The smallest absolute Gasteiger partial charge is 0.507 e. The van der Waals surface area contributed by atoms with Crippen molar-refractivity contribution in [2.75, 3.05) is 0 Å². The third-order valence-electron chi connectivity index (χ3n) is 3.06. The minimum Gasteiger partial charge on any atom is -0.507 e. The number of phenols is 1. The monoisotopic (exact) mass is 449 g/mol. The molecule has 0 unspecified atom stereocenters. The molecule has 2 aromatic rings. The predicted molar refractivity (Wildman–Crippen MR) is 96.5 cm³/mol. The first-order valence-electron chi connectivity index (χ1n) is 6.08. The number of rotatable bonds is 2. The third kappa shape index (κ3) is 5.33. The molecule has 0 fully saturated rings. The van der Waals surface area contributed by atoms with Crippen molar-refractivity contribution in [3.05, 3.63) is 71.9 Å². The van der Waals surface area contributed by atoms with E-state index >= 15 is 0 Å². The zero-order valence-corrected chi connectivity index (χ0v) is 16.9. The largest absolute Gasteiger partial charge is 2.00 e. The van der Waals surface area contributed by atoms with Crippen LogP contribution in [0.1, 0.15) is 22.3 Å². The van der Waals surface area contributed by atoms with Crippen LogP contribution in [0.2, 0.25) is 0 Å². The van der Waals surface area contributed by atoms with Crippen molar-refractivity contribution in [1.29, 1.82) is 0 Å². The zero-order chi connectivity index (χ0) is 14.0. The first-order chi connectivity index (χ1) is 8.99. The molecule has 22 heavy (non-hydrogen) atoms. The molecule has 0 aliphatic rings. The van der Waals surface area contributed by atoms with E-state index in [1.165, 1.54) is 0 Å². The van der Waals surface area contributed by atoms with Crippen molar-refractivity contribution >= 4 is 27.8 Å². The van der Waals surface area contributed by atoms with Crippen molar-refractivity contribution in [3.63, 3.8) is 0 Å². The molecule has 0 aliphatic carbocycles. The summed E-state index contributed by atoms with van der Waals surface area (Å²) in [6, 6.07) is 9.72. The maximum absolute atomic E-state index is 9.96. The van der Waals surface area contributed by atoms with E-state index in [4.69, 9.17) is 0 Å². The Morgan fingerprint density at radius 2 is 1.55 bits per heavy atom. The van der Waals surface area contributed by atoms with Crippen LogP contribution in [-0.4, -0.2) is 11.3 Å². The first kappa shape index (κ1) is 23.3. The quantitative estimate of drug-likeness (QED) is 0.355. The van der Waals surface area contributed by atoms with Gasteiger partial charge in [-0.05, 0) is 55.7 Å². The van der Waals surface area contributed by atoms with E-state index in [-0.39, 0.29) is 34.3 Å². The number of phenolic OH excluding ortho intramolecular Hbond substituents is 1. The Morgan fingerprint density at radius 1 is 1.00 bits per heavy atom. The Bertz CT molecular complexity index is 631. The normalized spacial score (nSPS) is 9.64. The van der Waals surface area contributed by atoms with Crippen molar-refractivity contribution in [3.8, 4) is 5.75 Å². The fraction of sp³-hybridized carbons (Fsp3) is 0.167. The Balaban J connectivity index is 0. The minimum absolute atomic E-state index is 0. The van der Waals surface area contributed by atoms with Crippen LogP contribution in [0.3, 0.4) is 0 Å². The third-order valence-corrected chi connectivity index (χ3v) is 3.52. The van der Waals surface area contributed by atoms with E-state index in [2.05, 4.69) is 20.9 Å². The van der Waals surface area contributed by atoms with Gasteiger partial charge in [0.2, 0.25) is 0 Å². The zero-order valence-electron chi connectivity index (χ0n) is 13.6. The van der Waals surface area contributed by atoms with Gasteiger partial charge in [0.15, 0.2) is 0 Å². The fourth-order valence-electron chi connectivity index (χ4n) is 2.03. The molecule has 2 nitrogen and oxygen atoms in total. The Labute approximate surface area is 155 Å². The van der Waals surface area contributed by atoms with E-state index in [1.807, 2.05) is 51.1 Å². The molecular formula is C18H22BrNORu. The number of benzene rings is 2. The SMILES string of the molecule is Cc1cccc(C=Nc2c(C)cc(Br)cc2C)c1O.[CH3-].[CH3-].[Ru+2]. The summed E-state index contributed by atoms with van der Waals surface area (Å²) >= 11 is 3.47. The van der Waals surface area contributed by atoms with Crippen molar-refractivity contribution in [2.45, 2.75) is 20.8 Å². The summed E-state index contributed by atoms with van der Waals surface area (Å²) in [5.41, 5.74) is 4.75. The van der Waals surface area contributed by atoms with Gasteiger partial charge < -0.3 is 20.0 Å². The van der Waals surface area contributed by atoms with Gasteiger partial charge in [-0.1, -0.05) is 28.1 Å². The van der Waals surface area contributed by atoms with Gasteiger partial charge in [-0.3, -0.25) is 4.99 Å². The Hall–Kier alpha value is -0.987. The molecule has 0 saturated carbocycles. The average Bonchev–Trinajstić information content (AvgIpc) is 2.33. The summed E-state index contributed by atoms with van der Waals surface area (Å²) in [4.78, 5) is 4.51. The van der Waals surface area contributed by atoms with Gasteiger partial charge in [0.25, 0.3) is 0 Å². The van der Waals surface area contributed by atoms with Crippen LogP contribution < -0.4 is 0 Å². The van der Waals surface area contributed by atoms with Gasteiger partial charge in [-0.15, -0.1) is 0 Å². The molecule has 1 N–H and O–H groups in total. The molecule has 0 saturated heterocycles. The van der Waals surface area contributed by atoms with Crippen LogP contribution in [-0.2, 0) is 19.5 Å². The second-order valence-corrected chi connectivity index (χ2v) is 5.57.